The van der Waals surface area contributed by atoms with Crippen molar-refractivity contribution >= 4 is 0 Å². The van der Waals surface area contributed by atoms with Gasteiger partial charge in [-0.25, -0.2) is 8.78 Å². The summed E-state index contributed by atoms with van der Waals surface area (Å²) in [5.41, 5.74) is 0.345. The number of halogens is 2. The predicted molar refractivity (Wildman–Crippen MR) is 86.8 cm³/mol. The number of tetrazole rings is 1. The fourth-order valence-electron chi connectivity index (χ4n) is 3.88. The lowest BCUT2D eigenvalue weighted by Gasteiger charge is -2.33. The van der Waals surface area contributed by atoms with Gasteiger partial charge in [0.05, 0.1) is 6.61 Å². The highest BCUT2D eigenvalue weighted by Gasteiger charge is 2.52. The van der Waals surface area contributed by atoms with Crippen LogP contribution in [0.15, 0.2) is 24.5 Å². The van der Waals surface area contributed by atoms with Crippen LogP contribution in [0.2, 0.25) is 0 Å². The molecule has 2 unspecified atom stereocenters. The zero-order valence-corrected chi connectivity index (χ0v) is 13.9. The summed E-state index contributed by atoms with van der Waals surface area (Å²) in [4.78, 5) is 0. The summed E-state index contributed by atoms with van der Waals surface area (Å²) in [5.74, 6) is 0.136. The standard InChI is InChI=1S/C17H21F2N5O/c18-14-9-12(1-2-16(14)24-11-21-22-23-24)25-8-6-17(4-5-17)13-3-7-20-10-15(13)19/h1-2,9,11,13,15,20H,3-8,10H2. The van der Waals surface area contributed by atoms with Gasteiger partial charge in [0.25, 0.3) is 0 Å². The number of hydrogen-bond acceptors (Lipinski definition) is 5. The van der Waals surface area contributed by atoms with E-state index in [2.05, 4.69) is 20.8 Å². The highest BCUT2D eigenvalue weighted by molar-refractivity contribution is 5.38. The van der Waals surface area contributed by atoms with E-state index in [9.17, 15) is 8.78 Å². The zero-order valence-electron chi connectivity index (χ0n) is 13.9. The number of nitrogens with one attached hydrogen (secondary N) is 1. The second kappa shape index (κ2) is 6.67. The third-order valence-electron chi connectivity index (χ3n) is 5.47. The predicted octanol–water partition coefficient (Wildman–Crippen LogP) is 2.30. The first-order valence-corrected chi connectivity index (χ1v) is 8.68. The maximum Gasteiger partial charge on any atom is 0.152 e. The van der Waals surface area contributed by atoms with Crippen molar-refractivity contribution < 1.29 is 13.5 Å². The fourth-order valence-corrected chi connectivity index (χ4v) is 3.88. The summed E-state index contributed by atoms with van der Waals surface area (Å²) >= 11 is 0. The molecule has 6 nitrogen and oxygen atoms in total. The number of nitrogens with zero attached hydrogens (tertiary/aromatic N) is 4. The molecule has 4 rings (SSSR count). The Morgan fingerprint density at radius 3 is 2.92 bits per heavy atom. The Balaban J connectivity index is 1.35. The Kier molecular flexibility index (Phi) is 4.37. The normalized spacial score (nSPS) is 24.9. The molecule has 2 heterocycles. The van der Waals surface area contributed by atoms with Crippen molar-refractivity contribution in [3.63, 3.8) is 0 Å². The SMILES string of the molecule is Fc1cc(OCCC2(C3CCNCC3F)CC2)ccc1-n1cnnn1. The van der Waals surface area contributed by atoms with Crippen molar-refractivity contribution in [2.45, 2.75) is 31.9 Å². The molecule has 0 radical (unpaired) electrons. The number of aromatic nitrogens is 4. The minimum atomic E-state index is -0.774. The largest absolute Gasteiger partial charge is 0.493 e. The van der Waals surface area contributed by atoms with Crippen molar-refractivity contribution in [1.82, 2.24) is 25.5 Å². The van der Waals surface area contributed by atoms with Gasteiger partial charge < -0.3 is 10.1 Å². The molecular weight excluding hydrogens is 328 g/mol. The molecule has 2 atom stereocenters. The van der Waals surface area contributed by atoms with Crippen LogP contribution in [0.4, 0.5) is 8.78 Å². The molecule has 1 saturated heterocycles. The number of benzene rings is 1. The van der Waals surface area contributed by atoms with E-state index in [1.54, 1.807) is 12.1 Å². The number of ether oxygens (including phenoxy) is 1. The second-order valence-electron chi connectivity index (χ2n) is 6.94. The molecule has 2 aliphatic rings. The van der Waals surface area contributed by atoms with Crippen LogP contribution in [0, 0.1) is 17.2 Å². The average Bonchev–Trinajstić information content (AvgIpc) is 3.18. The topological polar surface area (TPSA) is 64.9 Å². The van der Waals surface area contributed by atoms with Crippen molar-refractivity contribution in [2.75, 3.05) is 19.7 Å². The van der Waals surface area contributed by atoms with Gasteiger partial charge in [0, 0.05) is 12.6 Å². The van der Waals surface area contributed by atoms with Crippen molar-refractivity contribution in [3.05, 3.63) is 30.3 Å². The lowest BCUT2D eigenvalue weighted by atomic mass is 9.79. The van der Waals surface area contributed by atoms with Crippen LogP contribution in [0.1, 0.15) is 25.7 Å². The summed E-state index contributed by atoms with van der Waals surface area (Å²) < 4.78 is 35.4. The lowest BCUT2D eigenvalue weighted by molar-refractivity contribution is 0.0953. The summed E-state index contributed by atoms with van der Waals surface area (Å²) in [6, 6.07) is 4.61. The van der Waals surface area contributed by atoms with Gasteiger partial charge in [-0.2, -0.15) is 4.68 Å². The van der Waals surface area contributed by atoms with Crippen LogP contribution >= 0.6 is 0 Å². The van der Waals surface area contributed by atoms with E-state index in [0.29, 0.717) is 18.9 Å². The van der Waals surface area contributed by atoms with Crippen LogP contribution in [0.5, 0.6) is 5.75 Å². The summed E-state index contributed by atoms with van der Waals surface area (Å²) in [7, 11) is 0. The van der Waals surface area contributed by atoms with Crippen LogP contribution in [0.25, 0.3) is 5.69 Å². The van der Waals surface area contributed by atoms with E-state index in [0.717, 1.165) is 32.2 Å². The Morgan fingerprint density at radius 1 is 1.36 bits per heavy atom. The van der Waals surface area contributed by atoms with Gasteiger partial charge in [0.1, 0.15) is 23.9 Å². The van der Waals surface area contributed by atoms with Crippen LogP contribution in [-0.2, 0) is 0 Å². The molecule has 0 amide bonds. The zero-order chi connectivity index (χ0) is 17.3. The van der Waals surface area contributed by atoms with E-state index in [1.165, 1.54) is 17.1 Å². The van der Waals surface area contributed by atoms with Gasteiger partial charge in [-0.05, 0) is 66.1 Å². The van der Waals surface area contributed by atoms with Crippen LogP contribution in [-0.4, -0.2) is 46.1 Å². The molecule has 1 aliphatic heterocycles. The molecule has 0 bridgehead atoms. The minimum absolute atomic E-state index is 0.0758. The highest BCUT2D eigenvalue weighted by Crippen LogP contribution is 2.57. The molecule has 8 heteroatoms. The van der Waals surface area contributed by atoms with Crippen LogP contribution < -0.4 is 10.1 Å². The van der Waals surface area contributed by atoms with E-state index in [-0.39, 0.29) is 17.0 Å². The van der Waals surface area contributed by atoms with Crippen molar-refractivity contribution in [3.8, 4) is 11.4 Å². The molecular formula is C17H21F2N5O. The fraction of sp³-hybridized carbons (Fsp3) is 0.588. The van der Waals surface area contributed by atoms with E-state index in [1.807, 2.05) is 0 Å². The Morgan fingerprint density at radius 2 is 2.24 bits per heavy atom. The van der Waals surface area contributed by atoms with E-state index >= 15 is 0 Å². The smallest absolute Gasteiger partial charge is 0.152 e. The molecule has 134 valence electrons. The number of alkyl halides is 1. The molecule has 1 N–H and O–H groups in total. The van der Waals surface area contributed by atoms with Gasteiger partial charge in [0.2, 0.25) is 0 Å². The summed E-state index contributed by atoms with van der Waals surface area (Å²) in [6.07, 6.45) is 4.39. The first kappa shape index (κ1) is 16.4. The van der Waals surface area contributed by atoms with E-state index < -0.39 is 12.0 Å². The van der Waals surface area contributed by atoms with Crippen molar-refractivity contribution in [2.24, 2.45) is 11.3 Å². The summed E-state index contributed by atoms with van der Waals surface area (Å²) in [5, 5.41) is 13.8. The maximum atomic E-state index is 14.2. The van der Waals surface area contributed by atoms with Crippen LogP contribution in [0.3, 0.4) is 0 Å². The van der Waals surface area contributed by atoms with Crippen molar-refractivity contribution in [1.29, 1.82) is 0 Å². The molecule has 1 aromatic heterocycles. The van der Waals surface area contributed by atoms with Gasteiger partial charge in [-0.1, -0.05) is 0 Å². The quantitative estimate of drug-likeness (QED) is 0.867. The maximum absolute atomic E-state index is 14.2. The molecule has 1 aliphatic carbocycles. The minimum Gasteiger partial charge on any atom is -0.493 e. The number of piperidine rings is 1. The first-order chi connectivity index (χ1) is 12.2. The Hall–Kier alpha value is -2.09. The lowest BCUT2D eigenvalue weighted by Crippen LogP contribution is -2.42. The first-order valence-electron chi connectivity index (χ1n) is 8.68. The average molecular weight is 349 g/mol. The highest BCUT2D eigenvalue weighted by atomic mass is 19.1. The molecule has 2 fully saturated rings. The molecule has 25 heavy (non-hydrogen) atoms. The molecule has 0 spiro atoms. The van der Waals surface area contributed by atoms with Gasteiger partial charge in [0.15, 0.2) is 5.82 Å². The molecule has 2 aromatic rings. The Labute approximate surface area is 144 Å². The molecule has 1 saturated carbocycles. The summed E-state index contributed by atoms with van der Waals surface area (Å²) in [6.45, 7) is 1.81. The van der Waals surface area contributed by atoms with E-state index in [4.69, 9.17) is 4.74 Å². The third-order valence-corrected chi connectivity index (χ3v) is 5.47. The molecule has 1 aromatic carbocycles. The second-order valence-corrected chi connectivity index (χ2v) is 6.94. The number of hydrogen-bond donors (Lipinski definition) is 1. The third kappa shape index (κ3) is 3.35. The monoisotopic (exact) mass is 349 g/mol. The Bertz CT molecular complexity index is 720. The van der Waals surface area contributed by atoms with Gasteiger partial charge >= 0.3 is 0 Å². The van der Waals surface area contributed by atoms with Gasteiger partial charge in [-0.15, -0.1) is 5.10 Å². The van der Waals surface area contributed by atoms with Gasteiger partial charge in [-0.3, -0.25) is 0 Å². The number of rotatable bonds is 6.